The van der Waals surface area contributed by atoms with Gasteiger partial charge in [-0.25, -0.2) is 8.42 Å². The zero-order chi connectivity index (χ0) is 20.1. The molecule has 0 saturated carbocycles. The van der Waals surface area contributed by atoms with E-state index in [1.54, 1.807) is 66.7 Å². The largest absolute Gasteiger partial charge is 0.497 e. The van der Waals surface area contributed by atoms with E-state index in [0.29, 0.717) is 22.0 Å². The van der Waals surface area contributed by atoms with E-state index in [4.69, 9.17) is 16.3 Å². The lowest BCUT2D eigenvalue weighted by molar-refractivity contribution is 0.187. The van der Waals surface area contributed by atoms with Crippen LogP contribution in [0.15, 0.2) is 83.8 Å². The summed E-state index contributed by atoms with van der Waals surface area (Å²) >= 11 is 5.90. The lowest BCUT2D eigenvalue weighted by atomic mass is 10.1. The summed E-state index contributed by atoms with van der Waals surface area (Å²) in [4.78, 5) is 0.147. The number of halogens is 1. The molecular formula is C21H20ClNO4S. The maximum atomic E-state index is 13.3. The highest BCUT2D eigenvalue weighted by Crippen LogP contribution is 2.28. The average Bonchev–Trinajstić information content (AvgIpc) is 2.73. The number of anilines is 1. The van der Waals surface area contributed by atoms with Gasteiger partial charge in [-0.05, 0) is 54.1 Å². The third-order valence-electron chi connectivity index (χ3n) is 4.29. The van der Waals surface area contributed by atoms with Gasteiger partial charge in [0.05, 0.1) is 30.3 Å². The zero-order valence-electron chi connectivity index (χ0n) is 15.2. The first-order valence-electron chi connectivity index (χ1n) is 8.57. The first kappa shape index (κ1) is 20.2. The molecule has 0 spiro atoms. The zero-order valence-corrected chi connectivity index (χ0v) is 16.8. The molecule has 0 unspecified atom stereocenters. The molecule has 0 saturated heterocycles. The lowest BCUT2D eigenvalue weighted by Gasteiger charge is -2.27. The van der Waals surface area contributed by atoms with Gasteiger partial charge in [-0.1, -0.05) is 41.9 Å². The van der Waals surface area contributed by atoms with Crippen molar-refractivity contribution in [1.82, 2.24) is 0 Å². The molecule has 3 aromatic rings. The molecule has 28 heavy (non-hydrogen) atoms. The number of aliphatic hydroxyl groups is 1. The second-order valence-electron chi connectivity index (χ2n) is 6.11. The molecular weight excluding hydrogens is 398 g/mol. The average molecular weight is 418 g/mol. The molecule has 0 aromatic heterocycles. The van der Waals surface area contributed by atoms with Crippen molar-refractivity contribution in [3.63, 3.8) is 0 Å². The van der Waals surface area contributed by atoms with Crippen molar-refractivity contribution >= 4 is 27.3 Å². The fraction of sp³-hybridized carbons (Fsp3) is 0.143. The predicted molar refractivity (Wildman–Crippen MR) is 110 cm³/mol. The summed E-state index contributed by atoms with van der Waals surface area (Å²) in [6.45, 7) is -0.148. The van der Waals surface area contributed by atoms with Crippen molar-refractivity contribution in [3.05, 3.63) is 89.4 Å². The number of hydrogen-bond donors (Lipinski definition) is 1. The van der Waals surface area contributed by atoms with Gasteiger partial charge in [-0.15, -0.1) is 0 Å². The molecule has 0 bridgehead atoms. The fourth-order valence-corrected chi connectivity index (χ4v) is 4.38. The Bertz CT molecular complexity index is 1010. The standard InChI is InChI=1S/C21H20ClNO4S/c1-27-19-13-11-18(12-14-19)23(28(25,26)20-5-3-2-4-6-20)15-21(24)16-7-9-17(22)10-8-16/h2-14,21,24H,15H2,1H3/t21-/m1/s1. The molecule has 0 radical (unpaired) electrons. The van der Waals surface area contributed by atoms with E-state index in [0.717, 1.165) is 0 Å². The summed E-state index contributed by atoms with van der Waals surface area (Å²) in [5.74, 6) is 0.610. The highest BCUT2D eigenvalue weighted by molar-refractivity contribution is 7.92. The summed E-state index contributed by atoms with van der Waals surface area (Å²) in [5, 5.41) is 11.2. The Labute approximate surface area is 169 Å². The van der Waals surface area contributed by atoms with Crippen molar-refractivity contribution in [2.45, 2.75) is 11.0 Å². The van der Waals surface area contributed by atoms with Gasteiger partial charge < -0.3 is 9.84 Å². The molecule has 0 fully saturated rings. The van der Waals surface area contributed by atoms with E-state index in [-0.39, 0.29) is 11.4 Å². The van der Waals surface area contributed by atoms with Crippen LogP contribution in [-0.4, -0.2) is 27.2 Å². The van der Waals surface area contributed by atoms with E-state index in [9.17, 15) is 13.5 Å². The Morgan fingerprint density at radius 2 is 1.57 bits per heavy atom. The molecule has 1 N–H and O–H groups in total. The molecule has 7 heteroatoms. The van der Waals surface area contributed by atoms with Crippen molar-refractivity contribution in [3.8, 4) is 5.75 Å². The minimum absolute atomic E-state index is 0.147. The first-order valence-corrected chi connectivity index (χ1v) is 10.4. The van der Waals surface area contributed by atoms with Crippen LogP contribution >= 0.6 is 11.6 Å². The van der Waals surface area contributed by atoms with Gasteiger partial charge in [0.15, 0.2) is 0 Å². The van der Waals surface area contributed by atoms with Crippen LogP contribution < -0.4 is 9.04 Å². The number of benzene rings is 3. The number of sulfonamides is 1. The van der Waals surface area contributed by atoms with Gasteiger partial charge in [0.2, 0.25) is 0 Å². The second-order valence-corrected chi connectivity index (χ2v) is 8.41. The van der Waals surface area contributed by atoms with E-state index in [1.165, 1.54) is 23.5 Å². The Morgan fingerprint density at radius 1 is 0.964 bits per heavy atom. The molecule has 146 valence electrons. The minimum atomic E-state index is -3.88. The topological polar surface area (TPSA) is 66.8 Å². The van der Waals surface area contributed by atoms with Crippen molar-refractivity contribution in [1.29, 1.82) is 0 Å². The molecule has 1 atom stereocenters. The summed E-state index contributed by atoms with van der Waals surface area (Å²) in [5.41, 5.74) is 1.00. The van der Waals surface area contributed by atoms with E-state index in [2.05, 4.69) is 0 Å². The van der Waals surface area contributed by atoms with Crippen LogP contribution in [0.3, 0.4) is 0 Å². The number of methoxy groups -OCH3 is 1. The number of aliphatic hydroxyl groups excluding tert-OH is 1. The van der Waals surface area contributed by atoms with Crippen LogP contribution in [0.5, 0.6) is 5.75 Å². The normalized spacial score (nSPS) is 12.4. The van der Waals surface area contributed by atoms with Gasteiger partial charge in [-0.3, -0.25) is 4.31 Å². The molecule has 0 aliphatic heterocycles. The van der Waals surface area contributed by atoms with Crippen LogP contribution in [0, 0.1) is 0 Å². The second kappa shape index (κ2) is 8.65. The van der Waals surface area contributed by atoms with Crippen molar-refractivity contribution in [2.75, 3.05) is 18.0 Å². The van der Waals surface area contributed by atoms with Gasteiger partial charge >= 0.3 is 0 Å². The summed E-state index contributed by atoms with van der Waals surface area (Å²) in [6.07, 6.45) is -1.03. The predicted octanol–water partition coefficient (Wildman–Crippen LogP) is 4.28. The Hall–Kier alpha value is -2.54. The van der Waals surface area contributed by atoms with Crippen molar-refractivity contribution in [2.24, 2.45) is 0 Å². The Morgan fingerprint density at radius 3 is 2.14 bits per heavy atom. The van der Waals surface area contributed by atoms with Crippen LogP contribution in [0.4, 0.5) is 5.69 Å². The molecule has 0 amide bonds. The molecule has 3 aromatic carbocycles. The lowest BCUT2D eigenvalue weighted by Crippen LogP contribution is -2.35. The van der Waals surface area contributed by atoms with E-state index >= 15 is 0 Å². The van der Waals surface area contributed by atoms with Crippen LogP contribution in [0.1, 0.15) is 11.7 Å². The van der Waals surface area contributed by atoms with Crippen LogP contribution in [0.2, 0.25) is 5.02 Å². The van der Waals surface area contributed by atoms with Gasteiger partial charge in [0.25, 0.3) is 10.0 Å². The van der Waals surface area contributed by atoms with E-state index in [1.807, 2.05) is 0 Å². The molecule has 3 rings (SSSR count). The number of ether oxygens (including phenoxy) is 1. The molecule has 5 nitrogen and oxygen atoms in total. The minimum Gasteiger partial charge on any atom is -0.497 e. The maximum absolute atomic E-state index is 13.3. The quantitative estimate of drug-likeness (QED) is 0.623. The summed E-state index contributed by atoms with van der Waals surface area (Å²) in [6, 6.07) is 21.4. The number of nitrogens with zero attached hydrogens (tertiary/aromatic N) is 1. The molecule has 0 aliphatic carbocycles. The Kier molecular flexibility index (Phi) is 6.24. The summed E-state index contributed by atoms with van der Waals surface area (Å²) < 4.78 is 32.9. The highest BCUT2D eigenvalue weighted by atomic mass is 35.5. The van der Waals surface area contributed by atoms with Gasteiger partial charge in [0.1, 0.15) is 5.75 Å². The maximum Gasteiger partial charge on any atom is 0.264 e. The van der Waals surface area contributed by atoms with Crippen LogP contribution in [0.25, 0.3) is 0 Å². The van der Waals surface area contributed by atoms with Gasteiger partial charge in [0, 0.05) is 5.02 Å². The third-order valence-corrected chi connectivity index (χ3v) is 6.35. The monoisotopic (exact) mass is 417 g/mol. The van der Waals surface area contributed by atoms with Gasteiger partial charge in [-0.2, -0.15) is 0 Å². The Balaban J connectivity index is 1.99. The molecule has 0 heterocycles. The first-order chi connectivity index (χ1) is 13.4. The highest BCUT2D eigenvalue weighted by Gasteiger charge is 2.27. The number of hydrogen-bond acceptors (Lipinski definition) is 4. The number of rotatable bonds is 7. The molecule has 0 aliphatic rings. The summed E-state index contributed by atoms with van der Waals surface area (Å²) in [7, 11) is -2.34. The fourth-order valence-electron chi connectivity index (χ4n) is 2.76. The van der Waals surface area contributed by atoms with E-state index < -0.39 is 16.1 Å². The third kappa shape index (κ3) is 4.47. The SMILES string of the molecule is COc1ccc(N(C[C@@H](O)c2ccc(Cl)cc2)S(=O)(=O)c2ccccc2)cc1. The van der Waals surface area contributed by atoms with Crippen LogP contribution in [-0.2, 0) is 10.0 Å². The smallest absolute Gasteiger partial charge is 0.264 e. The van der Waals surface area contributed by atoms with Crippen molar-refractivity contribution < 1.29 is 18.3 Å².